The van der Waals surface area contributed by atoms with Crippen molar-refractivity contribution >= 4 is 17.7 Å². The second-order valence-corrected chi connectivity index (χ2v) is 7.12. The third-order valence-corrected chi connectivity index (χ3v) is 5.07. The van der Waals surface area contributed by atoms with E-state index in [-0.39, 0.29) is 12.5 Å². The Morgan fingerprint density at radius 2 is 1.46 bits per heavy atom. The summed E-state index contributed by atoms with van der Waals surface area (Å²) in [4.78, 5) is 44.1. The molecule has 1 aromatic rings. The SMILES string of the molecule is Cc1ccc(CN2CCN(CC(=O)N3CCN(C)CC3)C(=O)C2=O)cc1. The number of hydrogen-bond acceptors (Lipinski definition) is 4. The largest absolute Gasteiger partial charge is 0.339 e. The molecule has 3 amide bonds. The van der Waals surface area contributed by atoms with E-state index in [1.54, 1.807) is 9.80 Å². The summed E-state index contributed by atoms with van der Waals surface area (Å²) in [5.41, 5.74) is 2.15. The Bertz CT molecular complexity index is 681. The van der Waals surface area contributed by atoms with Gasteiger partial charge in [-0.15, -0.1) is 0 Å². The molecule has 0 radical (unpaired) electrons. The number of piperazine rings is 2. The van der Waals surface area contributed by atoms with Gasteiger partial charge in [-0.2, -0.15) is 0 Å². The molecule has 1 aromatic carbocycles. The standard InChI is InChI=1S/C19H26N4O3/c1-15-3-5-16(6-4-15)13-22-11-12-23(19(26)18(22)25)14-17(24)21-9-7-20(2)8-10-21/h3-6H,7-14H2,1-2H3. The van der Waals surface area contributed by atoms with Crippen molar-refractivity contribution in [1.82, 2.24) is 19.6 Å². The van der Waals surface area contributed by atoms with E-state index < -0.39 is 11.8 Å². The number of hydrogen-bond donors (Lipinski definition) is 0. The van der Waals surface area contributed by atoms with E-state index in [0.29, 0.717) is 32.7 Å². The van der Waals surface area contributed by atoms with Gasteiger partial charge in [-0.3, -0.25) is 14.4 Å². The highest BCUT2D eigenvalue weighted by molar-refractivity contribution is 6.35. The van der Waals surface area contributed by atoms with Crippen molar-refractivity contribution in [2.45, 2.75) is 13.5 Å². The minimum Gasteiger partial charge on any atom is -0.339 e. The Hall–Kier alpha value is -2.41. The van der Waals surface area contributed by atoms with Gasteiger partial charge in [0.1, 0.15) is 6.54 Å². The molecule has 2 aliphatic heterocycles. The zero-order chi connectivity index (χ0) is 18.7. The normalized spacial score (nSPS) is 19.2. The lowest BCUT2D eigenvalue weighted by atomic mass is 10.1. The topological polar surface area (TPSA) is 64.2 Å². The van der Waals surface area contributed by atoms with Crippen LogP contribution in [0.25, 0.3) is 0 Å². The number of likely N-dealkylation sites (N-methyl/N-ethyl adjacent to an activating group) is 1. The van der Waals surface area contributed by atoms with Crippen LogP contribution in [-0.2, 0) is 20.9 Å². The van der Waals surface area contributed by atoms with Crippen LogP contribution in [0.1, 0.15) is 11.1 Å². The van der Waals surface area contributed by atoms with Crippen LogP contribution >= 0.6 is 0 Å². The second kappa shape index (κ2) is 7.86. The lowest BCUT2D eigenvalue weighted by Crippen LogP contribution is -2.57. The van der Waals surface area contributed by atoms with Crippen LogP contribution in [0, 0.1) is 6.92 Å². The highest BCUT2D eigenvalue weighted by Crippen LogP contribution is 2.12. The lowest BCUT2D eigenvalue weighted by Gasteiger charge is -2.36. The summed E-state index contributed by atoms with van der Waals surface area (Å²) < 4.78 is 0. The molecule has 2 aliphatic rings. The van der Waals surface area contributed by atoms with Crippen LogP contribution in [0.2, 0.25) is 0 Å². The van der Waals surface area contributed by atoms with Gasteiger partial charge in [-0.25, -0.2) is 0 Å². The summed E-state index contributed by atoms with van der Waals surface area (Å²) in [5.74, 6) is -1.18. The number of amides is 3. The van der Waals surface area contributed by atoms with E-state index in [0.717, 1.165) is 24.2 Å². The quantitative estimate of drug-likeness (QED) is 0.708. The first kappa shape index (κ1) is 18.4. The summed E-state index contributed by atoms with van der Waals surface area (Å²) in [7, 11) is 2.03. The summed E-state index contributed by atoms with van der Waals surface area (Å²) >= 11 is 0. The Labute approximate surface area is 154 Å². The fraction of sp³-hybridized carbons (Fsp3) is 0.526. The molecular weight excluding hydrogens is 332 g/mol. The minimum absolute atomic E-state index is 0.00728. The van der Waals surface area contributed by atoms with Crippen molar-refractivity contribution in [3.05, 3.63) is 35.4 Å². The lowest BCUT2D eigenvalue weighted by molar-refractivity contribution is -0.158. The molecule has 0 aliphatic carbocycles. The van der Waals surface area contributed by atoms with Gasteiger partial charge < -0.3 is 19.6 Å². The van der Waals surface area contributed by atoms with Crippen molar-refractivity contribution in [1.29, 1.82) is 0 Å². The van der Waals surface area contributed by atoms with Crippen LogP contribution in [0.5, 0.6) is 0 Å². The van der Waals surface area contributed by atoms with Gasteiger partial charge in [0.05, 0.1) is 0 Å². The monoisotopic (exact) mass is 358 g/mol. The van der Waals surface area contributed by atoms with E-state index in [4.69, 9.17) is 0 Å². The maximum absolute atomic E-state index is 12.4. The van der Waals surface area contributed by atoms with Crippen LogP contribution < -0.4 is 0 Å². The molecule has 26 heavy (non-hydrogen) atoms. The molecule has 3 rings (SSSR count). The Kier molecular flexibility index (Phi) is 5.56. The number of carbonyl (C=O) groups excluding carboxylic acids is 3. The van der Waals surface area contributed by atoms with E-state index in [2.05, 4.69) is 4.90 Å². The zero-order valence-corrected chi connectivity index (χ0v) is 15.5. The first-order valence-corrected chi connectivity index (χ1v) is 9.04. The van der Waals surface area contributed by atoms with Gasteiger partial charge in [0.15, 0.2) is 0 Å². The Morgan fingerprint density at radius 3 is 2.12 bits per heavy atom. The minimum atomic E-state index is -0.578. The number of carbonyl (C=O) groups is 3. The molecule has 0 atom stereocenters. The molecule has 0 saturated carbocycles. The summed E-state index contributed by atoms with van der Waals surface area (Å²) in [5, 5.41) is 0. The van der Waals surface area contributed by atoms with Crippen molar-refractivity contribution in [3.8, 4) is 0 Å². The van der Waals surface area contributed by atoms with Gasteiger partial charge >= 0.3 is 11.8 Å². The second-order valence-electron chi connectivity index (χ2n) is 7.12. The highest BCUT2D eigenvalue weighted by atomic mass is 16.2. The highest BCUT2D eigenvalue weighted by Gasteiger charge is 2.34. The van der Waals surface area contributed by atoms with E-state index >= 15 is 0 Å². The average molecular weight is 358 g/mol. The maximum Gasteiger partial charge on any atom is 0.312 e. The Morgan fingerprint density at radius 1 is 0.885 bits per heavy atom. The number of rotatable bonds is 4. The fourth-order valence-corrected chi connectivity index (χ4v) is 3.25. The Balaban J connectivity index is 1.54. The van der Waals surface area contributed by atoms with Gasteiger partial charge in [-0.1, -0.05) is 29.8 Å². The summed E-state index contributed by atoms with van der Waals surface area (Å²) in [6.45, 7) is 6.29. The van der Waals surface area contributed by atoms with Gasteiger partial charge in [0.2, 0.25) is 5.91 Å². The van der Waals surface area contributed by atoms with E-state index in [1.165, 1.54) is 4.90 Å². The number of benzene rings is 1. The third kappa shape index (κ3) is 4.22. The first-order chi connectivity index (χ1) is 12.4. The molecular formula is C19H26N4O3. The van der Waals surface area contributed by atoms with Crippen LogP contribution in [0.3, 0.4) is 0 Å². The van der Waals surface area contributed by atoms with Crippen LogP contribution in [0.4, 0.5) is 0 Å². The van der Waals surface area contributed by atoms with Crippen LogP contribution in [-0.4, -0.2) is 90.2 Å². The third-order valence-electron chi connectivity index (χ3n) is 5.07. The average Bonchev–Trinajstić information content (AvgIpc) is 2.63. The molecule has 0 unspecified atom stereocenters. The zero-order valence-electron chi connectivity index (χ0n) is 15.5. The molecule has 2 heterocycles. The predicted octanol–water partition coefficient (Wildman–Crippen LogP) is -0.0602. The molecule has 0 bridgehead atoms. The van der Waals surface area contributed by atoms with Crippen molar-refractivity contribution in [2.24, 2.45) is 0 Å². The molecule has 7 heteroatoms. The summed E-state index contributed by atoms with van der Waals surface area (Å²) in [6.07, 6.45) is 0. The molecule has 140 valence electrons. The molecule has 0 spiro atoms. The fourth-order valence-electron chi connectivity index (χ4n) is 3.25. The van der Waals surface area contributed by atoms with Crippen LogP contribution in [0.15, 0.2) is 24.3 Å². The first-order valence-electron chi connectivity index (χ1n) is 9.04. The van der Waals surface area contributed by atoms with E-state index in [9.17, 15) is 14.4 Å². The predicted molar refractivity (Wildman–Crippen MR) is 97.3 cm³/mol. The summed E-state index contributed by atoms with van der Waals surface area (Å²) in [6, 6.07) is 7.92. The molecule has 7 nitrogen and oxygen atoms in total. The van der Waals surface area contributed by atoms with E-state index in [1.807, 2.05) is 38.2 Å². The van der Waals surface area contributed by atoms with Gasteiger partial charge in [0.25, 0.3) is 0 Å². The molecule has 2 fully saturated rings. The van der Waals surface area contributed by atoms with Crippen molar-refractivity contribution < 1.29 is 14.4 Å². The van der Waals surface area contributed by atoms with Crippen molar-refractivity contribution in [3.63, 3.8) is 0 Å². The maximum atomic E-state index is 12.4. The number of aryl methyl sites for hydroxylation is 1. The van der Waals surface area contributed by atoms with Gasteiger partial charge in [-0.05, 0) is 19.5 Å². The molecule has 2 saturated heterocycles. The smallest absolute Gasteiger partial charge is 0.312 e. The number of nitrogens with zero attached hydrogens (tertiary/aromatic N) is 4. The molecule has 0 aromatic heterocycles. The molecule has 0 N–H and O–H groups in total. The van der Waals surface area contributed by atoms with Gasteiger partial charge in [0, 0.05) is 45.8 Å². The van der Waals surface area contributed by atoms with Crippen molar-refractivity contribution in [2.75, 3.05) is 52.9 Å².